The summed E-state index contributed by atoms with van der Waals surface area (Å²) in [7, 11) is 3.52. The van der Waals surface area contributed by atoms with Crippen LogP contribution >= 0.6 is 0 Å². The van der Waals surface area contributed by atoms with Crippen molar-refractivity contribution in [1.82, 2.24) is 4.90 Å². The number of methoxy groups -OCH3 is 2. The van der Waals surface area contributed by atoms with Crippen LogP contribution in [0.25, 0.3) is 0 Å². The van der Waals surface area contributed by atoms with Gasteiger partial charge in [0.2, 0.25) is 0 Å². The first kappa shape index (κ1) is 13.9. The van der Waals surface area contributed by atoms with E-state index in [-0.39, 0.29) is 12.2 Å². The van der Waals surface area contributed by atoms with E-state index in [9.17, 15) is 0 Å². The van der Waals surface area contributed by atoms with Crippen molar-refractivity contribution in [2.45, 2.75) is 32.0 Å². The second-order valence-corrected chi connectivity index (χ2v) is 4.79. The Morgan fingerprint density at radius 3 is 2.25 bits per heavy atom. The Balaban J connectivity index is 2.19. The number of likely N-dealkylation sites (tertiary alicyclic amines) is 1. The molecule has 96 valence electrons. The molecule has 3 atom stereocenters. The molecule has 0 amide bonds. The Bertz CT molecular complexity index is 178. The highest BCUT2D eigenvalue weighted by molar-refractivity contribution is 4.85. The Kier molecular flexibility index (Phi) is 6.28. The molecule has 4 nitrogen and oxygen atoms in total. The number of rotatable bonds is 7. The Morgan fingerprint density at radius 2 is 1.81 bits per heavy atom. The summed E-state index contributed by atoms with van der Waals surface area (Å²) >= 11 is 0. The average molecular weight is 230 g/mol. The van der Waals surface area contributed by atoms with Gasteiger partial charge in [-0.3, -0.25) is 4.90 Å². The first-order chi connectivity index (χ1) is 7.71. The van der Waals surface area contributed by atoms with Gasteiger partial charge < -0.3 is 15.2 Å². The summed E-state index contributed by atoms with van der Waals surface area (Å²) in [5.74, 6) is 0.638. The topological polar surface area (TPSA) is 47.7 Å². The highest BCUT2D eigenvalue weighted by Gasteiger charge is 2.32. The van der Waals surface area contributed by atoms with E-state index in [0.29, 0.717) is 5.92 Å². The predicted octanol–water partition coefficient (Wildman–Crippen LogP) is 0.707. The van der Waals surface area contributed by atoms with Gasteiger partial charge in [0.1, 0.15) is 0 Å². The van der Waals surface area contributed by atoms with Crippen LogP contribution in [0, 0.1) is 5.92 Å². The van der Waals surface area contributed by atoms with Crippen molar-refractivity contribution in [2.24, 2.45) is 11.7 Å². The van der Waals surface area contributed by atoms with Crippen molar-refractivity contribution in [3.8, 4) is 0 Å². The molecule has 3 unspecified atom stereocenters. The van der Waals surface area contributed by atoms with Gasteiger partial charge in [-0.1, -0.05) is 6.92 Å². The van der Waals surface area contributed by atoms with Crippen LogP contribution in [0.1, 0.15) is 19.8 Å². The summed E-state index contributed by atoms with van der Waals surface area (Å²) in [4.78, 5) is 2.42. The molecule has 2 N–H and O–H groups in total. The first-order valence-electron chi connectivity index (χ1n) is 6.19. The van der Waals surface area contributed by atoms with Gasteiger partial charge >= 0.3 is 0 Å². The zero-order valence-corrected chi connectivity index (χ0v) is 10.8. The second kappa shape index (κ2) is 7.22. The smallest absolute Gasteiger partial charge is 0.0971 e. The van der Waals surface area contributed by atoms with Gasteiger partial charge in [-0.05, 0) is 31.8 Å². The molecule has 0 saturated carbocycles. The minimum atomic E-state index is 0.233. The summed E-state index contributed by atoms with van der Waals surface area (Å²) < 4.78 is 10.8. The van der Waals surface area contributed by atoms with E-state index in [1.165, 1.54) is 12.8 Å². The van der Waals surface area contributed by atoms with Gasteiger partial charge in [-0.25, -0.2) is 0 Å². The van der Waals surface area contributed by atoms with E-state index in [2.05, 4.69) is 11.8 Å². The lowest BCUT2D eigenvalue weighted by Crippen LogP contribution is -2.27. The van der Waals surface area contributed by atoms with E-state index >= 15 is 0 Å². The van der Waals surface area contributed by atoms with E-state index in [4.69, 9.17) is 15.2 Å². The lowest BCUT2D eigenvalue weighted by Gasteiger charge is -2.16. The van der Waals surface area contributed by atoms with Crippen molar-refractivity contribution in [1.29, 1.82) is 0 Å². The molecule has 4 heteroatoms. The Morgan fingerprint density at radius 1 is 1.25 bits per heavy atom. The maximum atomic E-state index is 5.60. The molecule has 1 aliphatic rings. The molecule has 1 aliphatic heterocycles. The van der Waals surface area contributed by atoms with Gasteiger partial charge in [0, 0.05) is 27.3 Å². The fraction of sp³-hybridized carbons (Fsp3) is 1.00. The minimum Gasteiger partial charge on any atom is -0.377 e. The van der Waals surface area contributed by atoms with Crippen LogP contribution in [-0.2, 0) is 9.47 Å². The molecule has 0 aliphatic carbocycles. The summed E-state index contributed by atoms with van der Waals surface area (Å²) in [6.07, 6.45) is 2.89. The molecule has 16 heavy (non-hydrogen) atoms. The standard InChI is InChI=1S/C12H26N2O2/c1-10(7-13)5-4-6-14-8-11(15-2)12(9-14)16-3/h10-12H,4-9,13H2,1-3H3. The van der Waals surface area contributed by atoms with Crippen LogP contribution in [0.5, 0.6) is 0 Å². The maximum Gasteiger partial charge on any atom is 0.0971 e. The largest absolute Gasteiger partial charge is 0.377 e. The zero-order chi connectivity index (χ0) is 12.0. The van der Waals surface area contributed by atoms with E-state index in [1.807, 2.05) is 0 Å². The fourth-order valence-electron chi connectivity index (χ4n) is 2.24. The van der Waals surface area contributed by atoms with Crippen molar-refractivity contribution in [3.63, 3.8) is 0 Å². The van der Waals surface area contributed by atoms with Crippen molar-refractivity contribution in [3.05, 3.63) is 0 Å². The summed E-state index contributed by atoms with van der Waals surface area (Å²) in [5, 5.41) is 0. The molecule has 1 saturated heterocycles. The number of ether oxygens (including phenoxy) is 2. The summed E-state index contributed by atoms with van der Waals surface area (Å²) in [5.41, 5.74) is 5.60. The number of nitrogens with two attached hydrogens (primary N) is 1. The Hall–Kier alpha value is -0.160. The van der Waals surface area contributed by atoms with Crippen LogP contribution in [0.3, 0.4) is 0 Å². The van der Waals surface area contributed by atoms with Crippen molar-refractivity contribution in [2.75, 3.05) is 40.4 Å². The van der Waals surface area contributed by atoms with Crippen LogP contribution in [-0.4, -0.2) is 57.5 Å². The van der Waals surface area contributed by atoms with E-state index < -0.39 is 0 Å². The van der Waals surface area contributed by atoms with Gasteiger partial charge in [0.15, 0.2) is 0 Å². The lowest BCUT2D eigenvalue weighted by atomic mass is 10.1. The Labute approximate surface area is 99.1 Å². The molecule has 0 aromatic carbocycles. The lowest BCUT2D eigenvalue weighted by molar-refractivity contribution is -0.00461. The quantitative estimate of drug-likeness (QED) is 0.699. The number of hydrogen-bond donors (Lipinski definition) is 1. The first-order valence-corrected chi connectivity index (χ1v) is 6.19. The minimum absolute atomic E-state index is 0.233. The van der Waals surface area contributed by atoms with Gasteiger partial charge in [0.05, 0.1) is 12.2 Å². The SMILES string of the molecule is COC1CN(CCCC(C)CN)CC1OC. The highest BCUT2D eigenvalue weighted by atomic mass is 16.5. The van der Waals surface area contributed by atoms with Crippen LogP contribution in [0.4, 0.5) is 0 Å². The number of nitrogens with zero attached hydrogens (tertiary/aromatic N) is 1. The third-order valence-electron chi connectivity index (χ3n) is 3.47. The van der Waals surface area contributed by atoms with Gasteiger partial charge in [-0.15, -0.1) is 0 Å². The van der Waals surface area contributed by atoms with Gasteiger partial charge in [-0.2, -0.15) is 0 Å². The summed E-state index contributed by atoms with van der Waals surface area (Å²) in [6, 6.07) is 0. The zero-order valence-electron chi connectivity index (χ0n) is 10.8. The van der Waals surface area contributed by atoms with E-state index in [1.54, 1.807) is 14.2 Å². The van der Waals surface area contributed by atoms with E-state index in [0.717, 1.165) is 26.2 Å². The van der Waals surface area contributed by atoms with Crippen LogP contribution in [0.2, 0.25) is 0 Å². The predicted molar refractivity (Wildman–Crippen MR) is 65.5 cm³/mol. The second-order valence-electron chi connectivity index (χ2n) is 4.79. The molecule has 1 heterocycles. The third-order valence-corrected chi connectivity index (χ3v) is 3.47. The molecule has 1 fully saturated rings. The molecule has 0 aromatic heterocycles. The highest BCUT2D eigenvalue weighted by Crippen LogP contribution is 2.16. The molecule has 0 bridgehead atoms. The average Bonchev–Trinajstić information content (AvgIpc) is 2.71. The third kappa shape index (κ3) is 4.01. The monoisotopic (exact) mass is 230 g/mol. The normalized spacial score (nSPS) is 28.5. The van der Waals surface area contributed by atoms with Crippen LogP contribution in [0.15, 0.2) is 0 Å². The molecular weight excluding hydrogens is 204 g/mol. The van der Waals surface area contributed by atoms with Gasteiger partial charge in [0.25, 0.3) is 0 Å². The molecule has 1 rings (SSSR count). The molecule has 0 radical (unpaired) electrons. The molecule has 0 spiro atoms. The van der Waals surface area contributed by atoms with Crippen molar-refractivity contribution < 1.29 is 9.47 Å². The summed E-state index contributed by atoms with van der Waals surface area (Å²) in [6.45, 7) is 6.11. The van der Waals surface area contributed by atoms with Crippen LogP contribution < -0.4 is 5.73 Å². The number of hydrogen-bond acceptors (Lipinski definition) is 4. The maximum absolute atomic E-state index is 5.60. The molecule has 0 aromatic rings. The fourth-order valence-corrected chi connectivity index (χ4v) is 2.24. The van der Waals surface area contributed by atoms with Crippen molar-refractivity contribution >= 4 is 0 Å². The molecular formula is C12H26N2O2.